The molecule has 2 aromatic rings. The summed E-state index contributed by atoms with van der Waals surface area (Å²) in [6.07, 6.45) is -3.71. The lowest BCUT2D eigenvalue weighted by atomic mass is 9.99. The molecular formula is C13H13F3N2O. The molecule has 0 saturated carbocycles. The van der Waals surface area contributed by atoms with Crippen molar-refractivity contribution in [2.75, 3.05) is 13.7 Å². The Morgan fingerprint density at radius 3 is 2.79 bits per heavy atom. The number of ether oxygens (including phenoxy) is 1. The summed E-state index contributed by atoms with van der Waals surface area (Å²) in [5.41, 5.74) is 1.67. The van der Waals surface area contributed by atoms with Crippen molar-refractivity contribution < 1.29 is 17.9 Å². The molecule has 1 unspecified atom stereocenters. The Labute approximate surface area is 107 Å². The molecule has 0 radical (unpaired) electrons. The number of nitrogens with one attached hydrogen (secondary N) is 2. The van der Waals surface area contributed by atoms with Gasteiger partial charge in [0.1, 0.15) is 11.8 Å². The van der Waals surface area contributed by atoms with Gasteiger partial charge in [0.15, 0.2) is 0 Å². The number of rotatable bonds is 1. The first-order chi connectivity index (χ1) is 9.00. The van der Waals surface area contributed by atoms with E-state index in [1.165, 1.54) is 0 Å². The summed E-state index contributed by atoms with van der Waals surface area (Å²) in [6.45, 7) is 0.321. The minimum atomic E-state index is -4.29. The van der Waals surface area contributed by atoms with Crippen LogP contribution in [-0.2, 0) is 6.42 Å². The molecule has 0 saturated heterocycles. The molecule has 1 aromatic heterocycles. The van der Waals surface area contributed by atoms with Gasteiger partial charge in [-0.15, -0.1) is 0 Å². The van der Waals surface area contributed by atoms with Crippen molar-refractivity contribution in [3.05, 3.63) is 29.5 Å². The fraction of sp³-hybridized carbons (Fsp3) is 0.385. The summed E-state index contributed by atoms with van der Waals surface area (Å²) >= 11 is 0. The molecule has 0 fully saturated rings. The third-order valence-electron chi connectivity index (χ3n) is 3.49. The molecule has 0 amide bonds. The zero-order chi connectivity index (χ0) is 13.6. The molecule has 6 heteroatoms. The predicted molar refractivity (Wildman–Crippen MR) is 65.4 cm³/mol. The number of hydrogen-bond acceptors (Lipinski definition) is 2. The van der Waals surface area contributed by atoms with E-state index in [2.05, 4.69) is 10.3 Å². The first-order valence-corrected chi connectivity index (χ1v) is 5.99. The lowest BCUT2D eigenvalue weighted by molar-refractivity contribution is -0.159. The Balaban J connectivity index is 2.18. The highest BCUT2D eigenvalue weighted by molar-refractivity contribution is 5.86. The van der Waals surface area contributed by atoms with Crippen molar-refractivity contribution >= 4 is 10.9 Å². The van der Waals surface area contributed by atoms with E-state index in [1.54, 1.807) is 25.3 Å². The number of benzene rings is 1. The van der Waals surface area contributed by atoms with Gasteiger partial charge in [-0.3, -0.25) is 0 Å². The quantitative estimate of drug-likeness (QED) is 0.836. The number of aromatic nitrogens is 1. The summed E-state index contributed by atoms with van der Waals surface area (Å²) in [5.74, 6) is 0.649. The van der Waals surface area contributed by atoms with Crippen LogP contribution in [0.3, 0.4) is 0 Å². The van der Waals surface area contributed by atoms with Crippen LogP contribution in [0, 0.1) is 0 Å². The van der Waals surface area contributed by atoms with Crippen LogP contribution in [0.5, 0.6) is 5.75 Å². The summed E-state index contributed by atoms with van der Waals surface area (Å²) in [6, 6.07) is 3.65. The maximum atomic E-state index is 13.0. The first-order valence-electron chi connectivity index (χ1n) is 5.99. The Kier molecular flexibility index (Phi) is 2.70. The van der Waals surface area contributed by atoms with E-state index < -0.39 is 12.2 Å². The van der Waals surface area contributed by atoms with Gasteiger partial charge in [-0.1, -0.05) is 0 Å². The molecule has 2 heterocycles. The van der Waals surface area contributed by atoms with Crippen LogP contribution in [-0.4, -0.2) is 24.8 Å². The number of alkyl halides is 3. The molecule has 1 aliphatic rings. The molecule has 0 bridgehead atoms. The average molecular weight is 270 g/mol. The van der Waals surface area contributed by atoms with Crippen molar-refractivity contribution in [3.8, 4) is 5.75 Å². The number of aromatic amines is 1. The summed E-state index contributed by atoms with van der Waals surface area (Å²) in [7, 11) is 1.54. The second-order valence-corrected chi connectivity index (χ2v) is 4.61. The number of halogens is 3. The summed E-state index contributed by atoms with van der Waals surface area (Å²) in [5, 5.41) is 3.33. The van der Waals surface area contributed by atoms with E-state index in [-0.39, 0.29) is 5.69 Å². The zero-order valence-electron chi connectivity index (χ0n) is 10.3. The normalized spacial score (nSPS) is 19.5. The van der Waals surface area contributed by atoms with Crippen LogP contribution >= 0.6 is 0 Å². The predicted octanol–water partition coefficient (Wildman–Crippen LogP) is 2.93. The van der Waals surface area contributed by atoms with Gasteiger partial charge in [0.2, 0.25) is 0 Å². The maximum Gasteiger partial charge on any atom is 0.409 e. The largest absolute Gasteiger partial charge is 0.497 e. The average Bonchev–Trinajstić information content (AvgIpc) is 2.74. The van der Waals surface area contributed by atoms with Crippen LogP contribution in [0.4, 0.5) is 13.2 Å². The van der Waals surface area contributed by atoms with Crippen molar-refractivity contribution in [1.82, 2.24) is 10.3 Å². The SMILES string of the molecule is COc1ccc2[nH]c3c(c2c1)CCNC3C(F)(F)F. The molecule has 1 atom stereocenters. The van der Waals surface area contributed by atoms with E-state index in [1.807, 2.05) is 0 Å². The van der Waals surface area contributed by atoms with E-state index in [0.29, 0.717) is 24.2 Å². The molecule has 102 valence electrons. The molecule has 1 aliphatic heterocycles. The van der Waals surface area contributed by atoms with E-state index in [4.69, 9.17) is 4.74 Å². The van der Waals surface area contributed by atoms with Crippen LogP contribution < -0.4 is 10.1 Å². The summed E-state index contributed by atoms with van der Waals surface area (Å²) < 4.78 is 44.1. The topological polar surface area (TPSA) is 37.0 Å². The molecular weight excluding hydrogens is 257 g/mol. The smallest absolute Gasteiger partial charge is 0.409 e. The molecule has 3 rings (SSSR count). The van der Waals surface area contributed by atoms with Gasteiger partial charge < -0.3 is 15.0 Å². The van der Waals surface area contributed by atoms with Gasteiger partial charge in [0.25, 0.3) is 0 Å². The second kappa shape index (κ2) is 4.16. The highest BCUT2D eigenvalue weighted by Crippen LogP contribution is 2.39. The number of methoxy groups -OCH3 is 1. The monoisotopic (exact) mass is 270 g/mol. The van der Waals surface area contributed by atoms with Crippen LogP contribution in [0.1, 0.15) is 17.3 Å². The van der Waals surface area contributed by atoms with Crippen molar-refractivity contribution in [2.45, 2.75) is 18.6 Å². The van der Waals surface area contributed by atoms with Gasteiger partial charge >= 0.3 is 6.18 Å². The van der Waals surface area contributed by atoms with Crippen molar-refractivity contribution in [2.24, 2.45) is 0 Å². The third-order valence-corrected chi connectivity index (χ3v) is 3.49. The van der Waals surface area contributed by atoms with Crippen molar-refractivity contribution in [3.63, 3.8) is 0 Å². The van der Waals surface area contributed by atoms with Gasteiger partial charge in [-0.2, -0.15) is 13.2 Å². The number of fused-ring (bicyclic) bond motifs is 3. The minimum Gasteiger partial charge on any atom is -0.497 e. The Hall–Kier alpha value is -1.69. The third kappa shape index (κ3) is 1.96. The summed E-state index contributed by atoms with van der Waals surface area (Å²) in [4.78, 5) is 2.89. The number of hydrogen-bond donors (Lipinski definition) is 2. The molecule has 2 N–H and O–H groups in total. The Morgan fingerprint density at radius 1 is 1.32 bits per heavy atom. The molecule has 0 aliphatic carbocycles. The van der Waals surface area contributed by atoms with Crippen LogP contribution in [0.25, 0.3) is 10.9 Å². The van der Waals surface area contributed by atoms with Gasteiger partial charge in [-0.05, 0) is 30.2 Å². The Morgan fingerprint density at radius 2 is 2.11 bits per heavy atom. The minimum absolute atomic E-state index is 0.224. The fourth-order valence-corrected chi connectivity index (χ4v) is 2.61. The van der Waals surface area contributed by atoms with E-state index >= 15 is 0 Å². The second-order valence-electron chi connectivity index (χ2n) is 4.61. The van der Waals surface area contributed by atoms with Gasteiger partial charge in [-0.25, -0.2) is 0 Å². The highest BCUT2D eigenvalue weighted by Gasteiger charge is 2.44. The fourth-order valence-electron chi connectivity index (χ4n) is 2.61. The van der Waals surface area contributed by atoms with Crippen LogP contribution in [0.15, 0.2) is 18.2 Å². The maximum absolute atomic E-state index is 13.0. The lowest BCUT2D eigenvalue weighted by Gasteiger charge is -2.26. The molecule has 19 heavy (non-hydrogen) atoms. The Bertz CT molecular complexity index is 618. The van der Waals surface area contributed by atoms with E-state index in [9.17, 15) is 13.2 Å². The van der Waals surface area contributed by atoms with Gasteiger partial charge in [0.05, 0.1) is 7.11 Å². The van der Waals surface area contributed by atoms with Crippen LogP contribution in [0.2, 0.25) is 0 Å². The highest BCUT2D eigenvalue weighted by atomic mass is 19.4. The number of H-pyrrole nitrogens is 1. The first kappa shape index (κ1) is 12.3. The molecule has 3 nitrogen and oxygen atoms in total. The van der Waals surface area contributed by atoms with Crippen molar-refractivity contribution in [1.29, 1.82) is 0 Å². The van der Waals surface area contributed by atoms with E-state index in [0.717, 1.165) is 10.9 Å². The van der Waals surface area contributed by atoms with Gasteiger partial charge in [0, 0.05) is 23.1 Å². The standard InChI is InChI=1S/C13H13F3N2O/c1-19-7-2-3-10-9(6-7)8-4-5-17-12(11(8)18-10)13(14,15)16/h2-3,6,12,17-18H,4-5H2,1H3. The lowest BCUT2D eigenvalue weighted by Crippen LogP contribution is -2.39. The zero-order valence-corrected chi connectivity index (χ0v) is 10.3. The molecule has 0 spiro atoms. The molecule has 1 aromatic carbocycles.